The zero-order chi connectivity index (χ0) is 13.0. The van der Waals surface area contributed by atoms with Crippen molar-refractivity contribution in [2.24, 2.45) is 0 Å². The fraction of sp³-hybridized carbons (Fsp3) is 0.600. The Hall–Kier alpha value is -1.06. The van der Waals surface area contributed by atoms with E-state index in [9.17, 15) is 0 Å². The van der Waals surface area contributed by atoms with E-state index in [0.717, 1.165) is 13.1 Å². The normalized spacial score (nSPS) is 19.8. The minimum Gasteiger partial charge on any atom is -0.367 e. The number of hydrogen-bond acceptors (Lipinski definition) is 3. The summed E-state index contributed by atoms with van der Waals surface area (Å²) in [5, 5.41) is 3.19. The molecule has 0 aromatic heterocycles. The molecular weight excluding hydrogens is 222 g/mol. The molecule has 1 heterocycles. The van der Waals surface area contributed by atoms with Gasteiger partial charge in [-0.05, 0) is 51.7 Å². The number of hydrogen-bond donors (Lipinski definition) is 1. The van der Waals surface area contributed by atoms with Gasteiger partial charge in [0.15, 0.2) is 0 Å². The van der Waals surface area contributed by atoms with Crippen LogP contribution in [0.15, 0.2) is 24.3 Å². The van der Waals surface area contributed by atoms with Crippen molar-refractivity contribution in [2.45, 2.75) is 25.4 Å². The molecule has 2 rings (SSSR count). The smallest absolute Gasteiger partial charge is 0.0417 e. The van der Waals surface area contributed by atoms with E-state index in [1.165, 1.54) is 30.6 Å². The molecule has 0 radical (unpaired) electrons. The standard InChI is InChI=1S/C15H25N3/c1-16-11-13-6-8-14(9-7-13)18-10-4-5-15(18)12-17(2)3/h6-9,15-16H,4-5,10-12H2,1-3H3. The lowest BCUT2D eigenvalue weighted by Gasteiger charge is -2.29. The van der Waals surface area contributed by atoms with Gasteiger partial charge in [-0.1, -0.05) is 12.1 Å². The second kappa shape index (κ2) is 6.21. The minimum atomic E-state index is 0.676. The number of benzene rings is 1. The van der Waals surface area contributed by atoms with Crippen molar-refractivity contribution in [2.75, 3.05) is 39.1 Å². The molecule has 1 atom stereocenters. The van der Waals surface area contributed by atoms with Crippen molar-refractivity contribution in [3.05, 3.63) is 29.8 Å². The first-order valence-electron chi connectivity index (χ1n) is 6.85. The molecule has 1 aromatic rings. The molecule has 1 N–H and O–H groups in total. The van der Waals surface area contributed by atoms with Crippen molar-refractivity contribution in [1.29, 1.82) is 0 Å². The van der Waals surface area contributed by atoms with Gasteiger partial charge in [0, 0.05) is 31.4 Å². The van der Waals surface area contributed by atoms with Crippen LogP contribution in [0.4, 0.5) is 5.69 Å². The van der Waals surface area contributed by atoms with Crippen molar-refractivity contribution in [3.8, 4) is 0 Å². The van der Waals surface area contributed by atoms with E-state index in [4.69, 9.17) is 0 Å². The lowest BCUT2D eigenvalue weighted by molar-refractivity contribution is 0.372. The first kappa shape index (κ1) is 13.4. The molecule has 1 aliphatic rings. The summed E-state index contributed by atoms with van der Waals surface area (Å²) in [7, 11) is 6.31. The molecule has 0 bridgehead atoms. The molecule has 0 spiro atoms. The summed E-state index contributed by atoms with van der Waals surface area (Å²) in [5.74, 6) is 0. The van der Waals surface area contributed by atoms with Crippen LogP contribution in [-0.2, 0) is 6.54 Å². The van der Waals surface area contributed by atoms with Crippen molar-refractivity contribution < 1.29 is 0 Å². The van der Waals surface area contributed by atoms with Crippen LogP contribution in [-0.4, -0.2) is 45.2 Å². The summed E-state index contributed by atoms with van der Waals surface area (Å²) in [6.45, 7) is 3.30. The summed E-state index contributed by atoms with van der Waals surface area (Å²) in [6.07, 6.45) is 2.63. The summed E-state index contributed by atoms with van der Waals surface area (Å²) in [6, 6.07) is 9.67. The van der Waals surface area contributed by atoms with E-state index in [1.807, 2.05) is 7.05 Å². The van der Waals surface area contributed by atoms with Crippen LogP contribution in [0.1, 0.15) is 18.4 Å². The van der Waals surface area contributed by atoms with Crippen molar-refractivity contribution in [3.63, 3.8) is 0 Å². The van der Waals surface area contributed by atoms with Gasteiger partial charge in [0.1, 0.15) is 0 Å². The maximum atomic E-state index is 3.19. The van der Waals surface area contributed by atoms with Crippen LogP contribution in [0.5, 0.6) is 0 Å². The van der Waals surface area contributed by atoms with E-state index >= 15 is 0 Å². The Kier molecular flexibility index (Phi) is 4.61. The highest BCUT2D eigenvalue weighted by Gasteiger charge is 2.24. The molecule has 0 saturated carbocycles. The zero-order valence-electron chi connectivity index (χ0n) is 11.8. The van der Waals surface area contributed by atoms with Gasteiger partial charge in [-0.15, -0.1) is 0 Å². The Labute approximate surface area is 111 Å². The molecule has 1 fully saturated rings. The molecule has 100 valence electrons. The lowest BCUT2D eigenvalue weighted by atomic mass is 10.1. The van der Waals surface area contributed by atoms with E-state index in [1.54, 1.807) is 0 Å². The summed E-state index contributed by atoms with van der Waals surface area (Å²) >= 11 is 0. The highest BCUT2D eigenvalue weighted by atomic mass is 15.2. The molecule has 0 amide bonds. The van der Waals surface area contributed by atoms with Crippen LogP contribution < -0.4 is 10.2 Å². The summed E-state index contributed by atoms with van der Waals surface area (Å²) < 4.78 is 0. The van der Waals surface area contributed by atoms with Crippen LogP contribution >= 0.6 is 0 Å². The molecule has 1 saturated heterocycles. The zero-order valence-corrected chi connectivity index (χ0v) is 11.8. The second-order valence-electron chi connectivity index (χ2n) is 5.45. The first-order valence-corrected chi connectivity index (χ1v) is 6.85. The van der Waals surface area contributed by atoms with Gasteiger partial charge in [-0.2, -0.15) is 0 Å². The molecule has 3 nitrogen and oxygen atoms in total. The number of nitrogens with one attached hydrogen (secondary N) is 1. The number of nitrogens with zero attached hydrogens (tertiary/aromatic N) is 2. The topological polar surface area (TPSA) is 18.5 Å². The van der Waals surface area contributed by atoms with Crippen LogP contribution in [0.3, 0.4) is 0 Å². The third kappa shape index (κ3) is 3.24. The molecule has 1 aromatic carbocycles. The largest absolute Gasteiger partial charge is 0.367 e. The minimum absolute atomic E-state index is 0.676. The molecule has 18 heavy (non-hydrogen) atoms. The van der Waals surface area contributed by atoms with E-state index < -0.39 is 0 Å². The van der Waals surface area contributed by atoms with Crippen LogP contribution in [0.25, 0.3) is 0 Å². The van der Waals surface area contributed by atoms with E-state index in [-0.39, 0.29) is 0 Å². The van der Waals surface area contributed by atoms with Crippen LogP contribution in [0, 0.1) is 0 Å². The van der Waals surface area contributed by atoms with Gasteiger partial charge < -0.3 is 15.1 Å². The SMILES string of the molecule is CNCc1ccc(N2CCCC2CN(C)C)cc1. The van der Waals surface area contributed by atoms with Gasteiger partial charge in [0.25, 0.3) is 0 Å². The molecule has 1 unspecified atom stereocenters. The van der Waals surface area contributed by atoms with Gasteiger partial charge in [0.2, 0.25) is 0 Å². The Balaban J connectivity index is 2.05. The monoisotopic (exact) mass is 247 g/mol. The van der Waals surface area contributed by atoms with E-state index in [0.29, 0.717) is 6.04 Å². The van der Waals surface area contributed by atoms with Gasteiger partial charge in [-0.25, -0.2) is 0 Å². The average Bonchev–Trinajstić information content (AvgIpc) is 2.78. The predicted octanol–water partition coefficient (Wildman–Crippen LogP) is 1.94. The maximum absolute atomic E-state index is 3.19. The molecular formula is C15H25N3. The third-order valence-corrected chi connectivity index (χ3v) is 3.60. The average molecular weight is 247 g/mol. The molecule has 3 heteroatoms. The third-order valence-electron chi connectivity index (χ3n) is 3.60. The molecule has 0 aliphatic carbocycles. The van der Waals surface area contributed by atoms with Crippen molar-refractivity contribution in [1.82, 2.24) is 10.2 Å². The number of anilines is 1. The highest BCUT2D eigenvalue weighted by Crippen LogP contribution is 2.26. The Morgan fingerprint density at radius 1 is 1.28 bits per heavy atom. The first-order chi connectivity index (χ1) is 8.70. The van der Waals surface area contributed by atoms with Gasteiger partial charge in [0.05, 0.1) is 0 Å². The molecule has 1 aliphatic heterocycles. The van der Waals surface area contributed by atoms with E-state index in [2.05, 4.69) is 53.5 Å². The predicted molar refractivity (Wildman–Crippen MR) is 78.1 cm³/mol. The summed E-state index contributed by atoms with van der Waals surface area (Å²) in [5.41, 5.74) is 2.73. The summed E-state index contributed by atoms with van der Waals surface area (Å²) in [4.78, 5) is 4.85. The van der Waals surface area contributed by atoms with Gasteiger partial charge in [-0.3, -0.25) is 0 Å². The van der Waals surface area contributed by atoms with Gasteiger partial charge >= 0.3 is 0 Å². The Bertz CT molecular complexity index is 359. The fourth-order valence-corrected chi connectivity index (χ4v) is 2.80. The second-order valence-corrected chi connectivity index (χ2v) is 5.45. The highest BCUT2D eigenvalue weighted by molar-refractivity contribution is 5.49. The number of likely N-dealkylation sites (N-methyl/N-ethyl adjacent to an activating group) is 1. The van der Waals surface area contributed by atoms with Crippen LogP contribution in [0.2, 0.25) is 0 Å². The number of rotatable bonds is 5. The van der Waals surface area contributed by atoms with Crippen molar-refractivity contribution >= 4 is 5.69 Å². The fourth-order valence-electron chi connectivity index (χ4n) is 2.80. The quantitative estimate of drug-likeness (QED) is 0.858. The lowest BCUT2D eigenvalue weighted by Crippen LogP contribution is -2.37. The maximum Gasteiger partial charge on any atom is 0.0417 e. The Morgan fingerprint density at radius 3 is 2.61 bits per heavy atom. The Morgan fingerprint density at radius 2 is 2.00 bits per heavy atom.